The van der Waals surface area contributed by atoms with Crippen LogP contribution < -0.4 is 9.47 Å². The third-order valence-electron chi connectivity index (χ3n) is 4.21. The lowest BCUT2D eigenvalue weighted by Gasteiger charge is -2.11. The fraction of sp³-hybridized carbons (Fsp3) is 0.238. The fourth-order valence-electron chi connectivity index (χ4n) is 2.93. The zero-order valence-corrected chi connectivity index (χ0v) is 14.8. The maximum Gasteiger partial charge on any atom is 0.202 e. The smallest absolute Gasteiger partial charge is 0.202 e. The number of hydrogen-bond donors (Lipinski definition) is 1. The minimum atomic E-state index is -0.115. The van der Waals surface area contributed by atoms with Crippen molar-refractivity contribution >= 4 is 16.7 Å². The molecular formula is C21H20N2O3. The number of aromatic amines is 1. The Balaban J connectivity index is 1.81. The molecule has 0 spiro atoms. The van der Waals surface area contributed by atoms with E-state index in [1.807, 2.05) is 19.1 Å². The van der Waals surface area contributed by atoms with Crippen molar-refractivity contribution in [2.75, 3.05) is 13.2 Å². The molecule has 0 radical (unpaired) electrons. The Morgan fingerprint density at radius 1 is 1.15 bits per heavy atom. The van der Waals surface area contributed by atoms with E-state index < -0.39 is 0 Å². The lowest BCUT2D eigenvalue weighted by atomic mass is 10.1. The molecule has 0 aliphatic rings. The van der Waals surface area contributed by atoms with E-state index in [0.29, 0.717) is 29.2 Å². The number of nitrogens with one attached hydrogen (secondary N) is 1. The van der Waals surface area contributed by atoms with E-state index in [4.69, 9.17) is 14.7 Å². The highest BCUT2D eigenvalue weighted by atomic mass is 16.5. The maximum absolute atomic E-state index is 12.6. The van der Waals surface area contributed by atoms with Gasteiger partial charge in [0.2, 0.25) is 5.78 Å². The lowest BCUT2D eigenvalue weighted by Crippen LogP contribution is -2.12. The van der Waals surface area contributed by atoms with Gasteiger partial charge < -0.3 is 14.5 Å². The predicted octanol–water partition coefficient (Wildman–Crippen LogP) is 4.26. The van der Waals surface area contributed by atoms with Gasteiger partial charge in [-0.05, 0) is 31.0 Å². The monoisotopic (exact) mass is 348 g/mol. The number of aromatic nitrogens is 1. The number of benzene rings is 2. The number of carbonyl (C=O) groups is 1. The number of aryl methyl sites for hydroxylation is 1. The average molecular weight is 348 g/mol. The molecule has 5 nitrogen and oxygen atoms in total. The van der Waals surface area contributed by atoms with Crippen molar-refractivity contribution < 1.29 is 14.3 Å². The number of rotatable bonds is 7. The molecule has 0 atom stereocenters. The summed E-state index contributed by atoms with van der Waals surface area (Å²) < 4.78 is 11.2. The standard InChI is InChI=1S/C21H20N2O3/c1-3-15-6-5-7-16-17(12-23-21(15)16)18(24)13-26-19-9-8-14(11-22)10-20(19)25-4-2/h5-10,12,23H,3-4,13H2,1-2H3. The first-order chi connectivity index (χ1) is 12.7. The van der Waals surface area contributed by atoms with Crippen LogP contribution in [0.4, 0.5) is 0 Å². The zero-order chi connectivity index (χ0) is 18.5. The molecular weight excluding hydrogens is 328 g/mol. The minimum absolute atomic E-state index is 0.102. The first kappa shape index (κ1) is 17.6. The maximum atomic E-state index is 12.6. The topological polar surface area (TPSA) is 75.1 Å². The van der Waals surface area contributed by atoms with E-state index in [9.17, 15) is 4.79 Å². The third kappa shape index (κ3) is 3.40. The molecule has 26 heavy (non-hydrogen) atoms. The second-order valence-electron chi connectivity index (χ2n) is 5.81. The van der Waals surface area contributed by atoms with Gasteiger partial charge in [-0.3, -0.25) is 4.79 Å². The molecule has 0 aliphatic heterocycles. The Hall–Kier alpha value is -3.26. The minimum Gasteiger partial charge on any atom is -0.490 e. The van der Waals surface area contributed by atoms with E-state index in [1.54, 1.807) is 24.4 Å². The van der Waals surface area contributed by atoms with Crippen molar-refractivity contribution in [2.24, 2.45) is 0 Å². The molecule has 5 heteroatoms. The molecule has 0 amide bonds. The zero-order valence-electron chi connectivity index (χ0n) is 14.8. The number of ether oxygens (including phenoxy) is 2. The molecule has 0 saturated heterocycles. The SMILES string of the molecule is CCOc1cc(C#N)ccc1OCC(=O)c1c[nH]c2c(CC)cccc12. The number of nitriles is 1. The van der Waals surface area contributed by atoms with Crippen LogP contribution in [0.25, 0.3) is 10.9 Å². The summed E-state index contributed by atoms with van der Waals surface area (Å²) in [5, 5.41) is 9.91. The number of fused-ring (bicyclic) bond motifs is 1. The number of para-hydroxylation sites is 1. The molecule has 0 bridgehead atoms. The second-order valence-corrected chi connectivity index (χ2v) is 5.81. The van der Waals surface area contributed by atoms with Crippen LogP contribution in [0, 0.1) is 11.3 Å². The molecule has 3 rings (SSSR count). The summed E-state index contributed by atoms with van der Waals surface area (Å²) in [4.78, 5) is 15.8. The largest absolute Gasteiger partial charge is 0.490 e. The summed E-state index contributed by atoms with van der Waals surface area (Å²) in [5.41, 5.74) is 3.26. The molecule has 0 aliphatic carbocycles. The van der Waals surface area contributed by atoms with Gasteiger partial charge in [0.1, 0.15) is 0 Å². The van der Waals surface area contributed by atoms with E-state index in [1.165, 1.54) is 5.56 Å². The Labute approximate surface area is 152 Å². The van der Waals surface area contributed by atoms with Gasteiger partial charge in [0.25, 0.3) is 0 Å². The number of ketones is 1. The number of hydrogen-bond acceptors (Lipinski definition) is 4. The first-order valence-corrected chi connectivity index (χ1v) is 8.59. The summed E-state index contributed by atoms with van der Waals surface area (Å²) in [6.07, 6.45) is 2.63. The van der Waals surface area contributed by atoms with Crippen LogP contribution in [-0.4, -0.2) is 24.0 Å². The quantitative estimate of drug-likeness (QED) is 0.647. The highest BCUT2D eigenvalue weighted by Crippen LogP contribution is 2.29. The van der Waals surface area contributed by atoms with Crippen molar-refractivity contribution in [1.82, 2.24) is 4.98 Å². The molecule has 0 fully saturated rings. The summed E-state index contributed by atoms with van der Waals surface area (Å²) in [7, 11) is 0. The van der Waals surface area contributed by atoms with Gasteiger partial charge in [-0.2, -0.15) is 5.26 Å². The second kappa shape index (κ2) is 7.75. The van der Waals surface area contributed by atoms with E-state index in [-0.39, 0.29) is 12.4 Å². The summed E-state index contributed by atoms with van der Waals surface area (Å²) >= 11 is 0. The molecule has 0 unspecified atom stereocenters. The van der Waals surface area contributed by atoms with Crippen molar-refractivity contribution in [3.05, 3.63) is 59.3 Å². The number of H-pyrrole nitrogens is 1. The van der Waals surface area contributed by atoms with Crippen LogP contribution in [0.5, 0.6) is 11.5 Å². The Morgan fingerprint density at radius 3 is 2.73 bits per heavy atom. The third-order valence-corrected chi connectivity index (χ3v) is 4.21. The summed E-state index contributed by atoms with van der Waals surface area (Å²) in [5.74, 6) is 0.802. The van der Waals surface area contributed by atoms with Gasteiger partial charge in [0, 0.05) is 28.7 Å². The Morgan fingerprint density at radius 2 is 2.00 bits per heavy atom. The molecule has 2 aromatic carbocycles. The van der Waals surface area contributed by atoms with Crippen molar-refractivity contribution in [3.8, 4) is 17.6 Å². The molecule has 0 saturated carbocycles. The highest BCUT2D eigenvalue weighted by Gasteiger charge is 2.15. The lowest BCUT2D eigenvalue weighted by molar-refractivity contribution is 0.0920. The normalized spacial score (nSPS) is 10.5. The molecule has 1 aromatic heterocycles. The highest BCUT2D eigenvalue weighted by molar-refractivity contribution is 6.09. The number of carbonyl (C=O) groups excluding carboxylic acids is 1. The van der Waals surface area contributed by atoms with Crippen LogP contribution in [0.2, 0.25) is 0 Å². The van der Waals surface area contributed by atoms with Crippen molar-refractivity contribution in [3.63, 3.8) is 0 Å². The van der Waals surface area contributed by atoms with E-state index in [0.717, 1.165) is 17.3 Å². The van der Waals surface area contributed by atoms with Crippen molar-refractivity contribution in [2.45, 2.75) is 20.3 Å². The summed E-state index contributed by atoms with van der Waals surface area (Å²) in [6, 6.07) is 12.9. The van der Waals surface area contributed by atoms with Crippen molar-refractivity contribution in [1.29, 1.82) is 5.26 Å². The van der Waals surface area contributed by atoms with Crippen LogP contribution in [0.1, 0.15) is 35.3 Å². The Kier molecular flexibility index (Phi) is 5.23. The first-order valence-electron chi connectivity index (χ1n) is 8.59. The van der Waals surface area contributed by atoms with Crippen LogP contribution in [-0.2, 0) is 6.42 Å². The van der Waals surface area contributed by atoms with Gasteiger partial charge in [-0.25, -0.2) is 0 Å². The van der Waals surface area contributed by atoms with Gasteiger partial charge in [0.05, 0.1) is 18.2 Å². The predicted molar refractivity (Wildman–Crippen MR) is 99.8 cm³/mol. The van der Waals surface area contributed by atoms with Gasteiger partial charge in [0.15, 0.2) is 18.1 Å². The Bertz CT molecular complexity index is 983. The molecule has 132 valence electrons. The van der Waals surface area contributed by atoms with Crippen LogP contribution in [0.15, 0.2) is 42.6 Å². The van der Waals surface area contributed by atoms with Gasteiger partial charge in [-0.1, -0.05) is 25.1 Å². The van der Waals surface area contributed by atoms with E-state index >= 15 is 0 Å². The van der Waals surface area contributed by atoms with E-state index in [2.05, 4.69) is 24.0 Å². The molecule has 1 N–H and O–H groups in total. The van der Waals surface area contributed by atoms with Crippen LogP contribution >= 0.6 is 0 Å². The molecule has 1 heterocycles. The van der Waals surface area contributed by atoms with Gasteiger partial charge in [-0.15, -0.1) is 0 Å². The van der Waals surface area contributed by atoms with Crippen LogP contribution in [0.3, 0.4) is 0 Å². The molecule has 3 aromatic rings. The van der Waals surface area contributed by atoms with Gasteiger partial charge >= 0.3 is 0 Å². The number of nitrogens with zero attached hydrogens (tertiary/aromatic N) is 1. The fourth-order valence-corrected chi connectivity index (χ4v) is 2.93. The average Bonchev–Trinajstić information content (AvgIpc) is 3.11. The summed E-state index contributed by atoms with van der Waals surface area (Å²) in [6.45, 7) is 4.28. The number of Topliss-reactive ketones (excluding diaryl/α,β-unsaturated/α-hetero) is 1.